The predicted molar refractivity (Wildman–Crippen MR) is 292 cm³/mol. The fourth-order valence-corrected chi connectivity index (χ4v) is 17.2. The van der Waals surface area contributed by atoms with Gasteiger partial charge < -0.3 is 26.6 Å². The molecule has 0 saturated carbocycles. The Morgan fingerprint density at radius 1 is 0.446 bits per heavy atom. The molecule has 0 bridgehead atoms. The molecule has 10 heteroatoms. The van der Waals surface area contributed by atoms with Crippen LogP contribution in [-0.4, -0.2) is 67.9 Å². The molecule has 0 saturated heterocycles. The second-order valence-corrected chi connectivity index (χ2v) is 22.9. The molecule has 6 atom stereocenters. The van der Waals surface area contributed by atoms with Crippen LogP contribution in [0.1, 0.15) is 136 Å². The fraction of sp³-hybridized carbons (Fsp3) is 0.564. The first-order chi connectivity index (χ1) is 31.3. The molecule has 0 spiro atoms. The molecule has 0 aliphatic heterocycles. The lowest BCUT2D eigenvalue weighted by atomic mass is 9.81. The van der Waals surface area contributed by atoms with Gasteiger partial charge in [0.1, 0.15) is 0 Å². The molecule has 0 radical (unpaired) electrons. The molecular weight excluding hydrogens is 973 g/mol. The lowest BCUT2D eigenvalue weighted by Crippen LogP contribution is -2.59. The van der Waals surface area contributed by atoms with E-state index in [1.54, 1.807) is 0 Å². The number of alkyl halides is 2. The topological polar surface area (TPSA) is 55.4 Å². The zero-order valence-corrected chi connectivity index (χ0v) is 45.5. The normalized spacial score (nSPS) is 15.3. The number of halogens is 2. The van der Waals surface area contributed by atoms with Crippen molar-refractivity contribution >= 4 is 49.5 Å². The molecule has 0 heterocycles. The summed E-state index contributed by atoms with van der Waals surface area (Å²) in [5.74, 6) is 0.768. The van der Waals surface area contributed by atoms with Gasteiger partial charge in [-0.05, 0) is 141 Å². The maximum absolute atomic E-state index is 7.04. The summed E-state index contributed by atoms with van der Waals surface area (Å²) in [6.45, 7) is 23.9. The van der Waals surface area contributed by atoms with Crippen LogP contribution in [-0.2, 0) is 26.6 Å². The molecule has 0 aliphatic rings. The lowest BCUT2D eigenvalue weighted by Gasteiger charge is -2.46. The molecule has 2 aromatic carbocycles. The minimum Gasteiger partial charge on any atom is -0.374 e. The van der Waals surface area contributed by atoms with Gasteiger partial charge in [-0.1, -0.05) is 161 Å². The van der Waals surface area contributed by atoms with Gasteiger partial charge in [0.15, 0.2) is 0 Å². The third kappa shape index (κ3) is 22.3. The Morgan fingerprint density at radius 2 is 0.738 bits per heavy atom. The molecule has 0 N–H and O–H groups in total. The van der Waals surface area contributed by atoms with Gasteiger partial charge in [0, 0.05) is 61.4 Å². The molecule has 0 aliphatic carbocycles. The molecule has 366 valence electrons. The van der Waals surface area contributed by atoms with Crippen molar-refractivity contribution in [3.63, 3.8) is 0 Å². The molecular formula is C55H88Br2O6Si2. The second kappa shape index (κ2) is 37.9. The third-order valence-corrected chi connectivity index (χ3v) is 20.0. The fourth-order valence-electron chi connectivity index (χ4n) is 8.84. The van der Waals surface area contributed by atoms with Gasteiger partial charge in [0.2, 0.25) is 0 Å². The highest BCUT2D eigenvalue weighted by molar-refractivity contribution is 9.09. The minimum atomic E-state index is -3.54. The van der Waals surface area contributed by atoms with Crippen molar-refractivity contribution in [2.75, 3.05) is 50.3 Å². The van der Waals surface area contributed by atoms with Crippen LogP contribution in [0, 0.1) is 11.8 Å². The van der Waals surface area contributed by atoms with Crippen LogP contribution in [0.5, 0.6) is 0 Å². The summed E-state index contributed by atoms with van der Waals surface area (Å²) in [6.07, 6.45) is 31.6. The van der Waals surface area contributed by atoms with E-state index in [4.69, 9.17) is 26.6 Å². The van der Waals surface area contributed by atoms with Crippen LogP contribution in [0.3, 0.4) is 0 Å². The summed E-state index contributed by atoms with van der Waals surface area (Å²) in [4.78, 5) is 0. The Hall–Kier alpha value is -1.97. The minimum absolute atomic E-state index is 0. The number of hydrogen-bond acceptors (Lipinski definition) is 6. The van der Waals surface area contributed by atoms with Crippen LogP contribution >= 0.6 is 31.9 Å². The summed E-state index contributed by atoms with van der Waals surface area (Å²) >= 11 is 6.98. The number of benzene rings is 2. The van der Waals surface area contributed by atoms with E-state index in [0.717, 1.165) is 74.9 Å². The number of rotatable bonds is 39. The first-order valence-electron chi connectivity index (χ1n) is 24.2. The van der Waals surface area contributed by atoms with Crippen LogP contribution in [0.4, 0.5) is 0 Å². The van der Waals surface area contributed by atoms with Gasteiger partial charge in [-0.15, -0.1) is 13.2 Å². The molecule has 2 rings (SSSR count). The van der Waals surface area contributed by atoms with Crippen LogP contribution < -0.4 is 0 Å². The highest BCUT2D eigenvalue weighted by Gasteiger charge is 2.63. The van der Waals surface area contributed by atoms with E-state index in [9.17, 15) is 0 Å². The standard InChI is InChI=1S/C54H84Br2O6Si2.CH4/c1-9-47(35-27-21-17-19-23-33-41-55)43-51(49-37-29-25-30-38-49)45-53(63(57-11-3,58-12-4)59-13-5)54(64(60-14-6,61-15-7)62-16-8)46-52(50-39-31-26-32-40-50)44-48(10-2)36-28-22-18-20-24-34-42-56;/h9-10,21-34,37-40,47-48,51-54H,1-2,11-20,35-36,41-46H2,3-8H3;1H4/b27-21+,28-22+,33-23-,34-24-;. The van der Waals surface area contributed by atoms with E-state index in [1.165, 1.54) is 11.1 Å². The molecule has 6 nitrogen and oxygen atoms in total. The van der Waals surface area contributed by atoms with Crippen molar-refractivity contribution in [2.45, 2.75) is 136 Å². The van der Waals surface area contributed by atoms with Crippen molar-refractivity contribution in [2.24, 2.45) is 11.8 Å². The molecule has 0 aromatic heterocycles. The van der Waals surface area contributed by atoms with Gasteiger partial charge >= 0.3 is 17.6 Å². The second-order valence-electron chi connectivity index (χ2n) is 16.0. The van der Waals surface area contributed by atoms with E-state index < -0.39 is 17.6 Å². The van der Waals surface area contributed by atoms with Crippen molar-refractivity contribution < 1.29 is 26.6 Å². The van der Waals surface area contributed by atoms with Gasteiger partial charge in [0.25, 0.3) is 0 Å². The van der Waals surface area contributed by atoms with Crippen molar-refractivity contribution in [3.8, 4) is 0 Å². The first kappa shape index (κ1) is 61.0. The Morgan fingerprint density at radius 3 is 1.00 bits per heavy atom. The van der Waals surface area contributed by atoms with Crippen LogP contribution in [0.2, 0.25) is 11.1 Å². The predicted octanol–water partition coefficient (Wildman–Crippen LogP) is 16.5. The third-order valence-electron chi connectivity index (χ3n) is 11.6. The molecule has 2 aromatic rings. The highest BCUT2D eigenvalue weighted by atomic mass is 79.9. The largest absolute Gasteiger partial charge is 0.504 e. The molecule has 0 fully saturated rings. The highest BCUT2D eigenvalue weighted by Crippen LogP contribution is 2.54. The summed E-state index contributed by atoms with van der Waals surface area (Å²) in [5, 5.41) is 1.77. The summed E-state index contributed by atoms with van der Waals surface area (Å²) in [6, 6.07) is 21.9. The lowest BCUT2D eigenvalue weighted by molar-refractivity contribution is 0.0334. The molecule has 0 amide bonds. The summed E-state index contributed by atoms with van der Waals surface area (Å²) < 4.78 is 42.2. The summed E-state index contributed by atoms with van der Waals surface area (Å²) in [7, 11) is -7.08. The van der Waals surface area contributed by atoms with Crippen molar-refractivity contribution in [1.82, 2.24) is 0 Å². The van der Waals surface area contributed by atoms with Gasteiger partial charge in [0.05, 0.1) is 0 Å². The van der Waals surface area contributed by atoms with E-state index in [0.29, 0.717) is 39.6 Å². The van der Waals surface area contributed by atoms with E-state index in [2.05, 4.69) is 208 Å². The monoisotopic (exact) mass is 1060 g/mol. The van der Waals surface area contributed by atoms with Gasteiger partial charge in [-0.3, -0.25) is 0 Å². The molecule has 65 heavy (non-hydrogen) atoms. The maximum Gasteiger partial charge on any atom is 0.504 e. The molecule has 6 unspecified atom stereocenters. The Balaban J connectivity index is 0.0000211. The smallest absolute Gasteiger partial charge is 0.374 e. The Labute approximate surface area is 417 Å². The van der Waals surface area contributed by atoms with Crippen LogP contribution in [0.15, 0.2) is 135 Å². The summed E-state index contributed by atoms with van der Waals surface area (Å²) in [5.41, 5.74) is 2.12. The number of hydrogen-bond donors (Lipinski definition) is 0. The quantitative estimate of drug-likeness (QED) is 0.0288. The Bertz CT molecular complexity index is 1440. The van der Waals surface area contributed by atoms with Crippen molar-refractivity contribution in [1.29, 1.82) is 0 Å². The van der Waals surface area contributed by atoms with E-state index in [-0.39, 0.29) is 42.2 Å². The Kier molecular flexibility index (Phi) is 35.6. The van der Waals surface area contributed by atoms with Crippen LogP contribution in [0.25, 0.3) is 0 Å². The van der Waals surface area contributed by atoms with E-state index >= 15 is 0 Å². The maximum atomic E-state index is 7.04. The zero-order valence-electron chi connectivity index (χ0n) is 40.4. The SMILES string of the molecule is C.C=CC(C/C=C/CC/C=C\CBr)CC(CC(C(CC(CC(C=C)C/C=C/CC/C=C\CBr)c1ccccc1)[Si](OCC)(OCC)OCC)[Si](OCC)(OCC)OCC)c1ccccc1. The van der Waals surface area contributed by atoms with Gasteiger partial charge in [-0.25, -0.2) is 0 Å². The van der Waals surface area contributed by atoms with E-state index in [1.807, 2.05) is 0 Å². The van der Waals surface area contributed by atoms with Gasteiger partial charge in [-0.2, -0.15) is 0 Å². The average Bonchev–Trinajstić information content (AvgIpc) is 3.31. The zero-order chi connectivity index (χ0) is 46.7. The number of allylic oxidation sites excluding steroid dienone is 10. The van der Waals surface area contributed by atoms with Crippen molar-refractivity contribution in [3.05, 3.63) is 146 Å². The first-order valence-corrected chi connectivity index (χ1v) is 30.1. The number of unbranched alkanes of at least 4 members (excludes halogenated alkanes) is 2. The average molecular weight is 1060 g/mol.